The highest BCUT2D eigenvalue weighted by atomic mass is 19.2. The molecule has 1 unspecified atom stereocenters. The van der Waals surface area contributed by atoms with Crippen LogP contribution in [0.3, 0.4) is 0 Å². The van der Waals surface area contributed by atoms with Gasteiger partial charge in [0.25, 0.3) is 0 Å². The summed E-state index contributed by atoms with van der Waals surface area (Å²) in [6.45, 7) is 3.14. The molecule has 1 aliphatic carbocycles. The summed E-state index contributed by atoms with van der Waals surface area (Å²) < 4.78 is 26.3. The summed E-state index contributed by atoms with van der Waals surface area (Å²) in [7, 11) is 0. The van der Waals surface area contributed by atoms with Crippen LogP contribution in [0.4, 0.5) is 8.78 Å². The minimum Gasteiger partial charge on any atom is -0.314 e. The topological polar surface area (TPSA) is 12.0 Å². The molecular weight excluding hydrogens is 268 g/mol. The first-order chi connectivity index (χ1) is 10.2. The van der Waals surface area contributed by atoms with Gasteiger partial charge in [0.15, 0.2) is 11.6 Å². The fraction of sp³-hybridized carbons (Fsp3) is 0.667. The number of benzene rings is 1. The maximum absolute atomic E-state index is 13.3. The van der Waals surface area contributed by atoms with E-state index in [1.807, 2.05) is 0 Å². The van der Waals surface area contributed by atoms with E-state index >= 15 is 0 Å². The summed E-state index contributed by atoms with van der Waals surface area (Å²) in [5.74, 6) is -0.624. The van der Waals surface area contributed by atoms with Crippen molar-refractivity contribution in [2.24, 2.45) is 5.92 Å². The van der Waals surface area contributed by atoms with Crippen LogP contribution in [0, 0.1) is 17.6 Å². The molecule has 118 valence electrons. The molecule has 3 heteroatoms. The van der Waals surface area contributed by atoms with Gasteiger partial charge in [-0.2, -0.15) is 0 Å². The van der Waals surface area contributed by atoms with E-state index in [2.05, 4.69) is 12.2 Å². The highest BCUT2D eigenvalue weighted by Crippen LogP contribution is 2.29. The van der Waals surface area contributed by atoms with Crippen LogP contribution in [0.5, 0.6) is 0 Å². The molecule has 1 atom stereocenters. The van der Waals surface area contributed by atoms with Crippen LogP contribution in [-0.4, -0.2) is 12.6 Å². The molecule has 21 heavy (non-hydrogen) atoms. The fourth-order valence-electron chi connectivity index (χ4n) is 3.31. The number of rotatable bonds is 8. The number of halogens is 2. The molecule has 1 aliphatic rings. The van der Waals surface area contributed by atoms with Crippen molar-refractivity contribution >= 4 is 0 Å². The van der Waals surface area contributed by atoms with Crippen molar-refractivity contribution < 1.29 is 8.78 Å². The van der Waals surface area contributed by atoms with Gasteiger partial charge >= 0.3 is 0 Å². The minimum atomic E-state index is -0.761. The lowest BCUT2D eigenvalue weighted by molar-refractivity contribution is 0.401. The van der Waals surface area contributed by atoms with E-state index in [4.69, 9.17) is 0 Å². The third-order valence-corrected chi connectivity index (χ3v) is 4.55. The van der Waals surface area contributed by atoms with Gasteiger partial charge in [-0.25, -0.2) is 8.78 Å². The molecule has 0 bridgehead atoms. The molecular formula is C18H27F2N. The van der Waals surface area contributed by atoms with Gasteiger partial charge in [-0.05, 0) is 55.8 Å². The van der Waals surface area contributed by atoms with Crippen LogP contribution in [0.25, 0.3) is 0 Å². The van der Waals surface area contributed by atoms with E-state index in [1.165, 1.54) is 44.2 Å². The molecule has 1 saturated carbocycles. The second kappa shape index (κ2) is 8.47. The largest absolute Gasteiger partial charge is 0.314 e. The highest BCUT2D eigenvalue weighted by Gasteiger charge is 2.17. The van der Waals surface area contributed by atoms with E-state index in [0.717, 1.165) is 37.3 Å². The Balaban J connectivity index is 1.89. The van der Waals surface area contributed by atoms with Crippen LogP contribution in [0.15, 0.2) is 18.2 Å². The van der Waals surface area contributed by atoms with E-state index in [-0.39, 0.29) is 0 Å². The molecule has 0 aromatic heterocycles. The van der Waals surface area contributed by atoms with Crippen molar-refractivity contribution in [3.8, 4) is 0 Å². The Kier molecular flexibility index (Phi) is 6.62. The second-order valence-electron chi connectivity index (χ2n) is 6.33. The normalized spacial score (nSPS) is 17.3. The van der Waals surface area contributed by atoms with Crippen LogP contribution < -0.4 is 5.32 Å². The van der Waals surface area contributed by atoms with E-state index in [1.54, 1.807) is 6.07 Å². The van der Waals surface area contributed by atoms with E-state index < -0.39 is 11.6 Å². The summed E-state index contributed by atoms with van der Waals surface area (Å²) in [5, 5.41) is 3.56. The molecule has 2 rings (SSSR count). The van der Waals surface area contributed by atoms with Gasteiger partial charge in [-0.15, -0.1) is 0 Å². The number of hydrogen-bond acceptors (Lipinski definition) is 1. The van der Waals surface area contributed by atoms with Gasteiger partial charge < -0.3 is 5.32 Å². The molecule has 1 fully saturated rings. The Morgan fingerprint density at radius 1 is 1.19 bits per heavy atom. The van der Waals surface area contributed by atoms with Crippen molar-refractivity contribution in [1.82, 2.24) is 5.32 Å². The Labute approximate surface area is 127 Å². The van der Waals surface area contributed by atoms with Crippen molar-refractivity contribution in [1.29, 1.82) is 0 Å². The Morgan fingerprint density at radius 3 is 2.62 bits per heavy atom. The van der Waals surface area contributed by atoms with Gasteiger partial charge in [0.2, 0.25) is 0 Å². The third kappa shape index (κ3) is 5.39. The summed E-state index contributed by atoms with van der Waals surface area (Å²) >= 11 is 0. The SMILES string of the molecule is CCCNC(CCC1CCCC1)Cc1ccc(F)c(F)c1. The molecule has 0 radical (unpaired) electrons. The summed E-state index contributed by atoms with van der Waals surface area (Å²) in [6.07, 6.45) is 9.75. The van der Waals surface area contributed by atoms with Crippen molar-refractivity contribution in [3.63, 3.8) is 0 Å². The second-order valence-corrected chi connectivity index (χ2v) is 6.33. The van der Waals surface area contributed by atoms with Crippen LogP contribution in [-0.2, 0) is 6.42 Å². The first-order valence-corrected chi connectivity index (χ1v) is 8.36. The monoisotopic (exact) mass is 295 g/mol. The quantitative estimate of drug-likeness (QED) is 0.723. The molecule has 0 saturated heterocycles. The predicted molar refractivity (Wildman–Crippen MR) is 83.3 cm³/mol. The first kappa shape index (κ1) is 16.4. The Hall–Kier alpha value is -0.960. The fourth-order valence-corrected chi connectivity index (χ4v) is 3.31. The lowest BCUT2D eigenvalue weighted by Gasteiger charge is -2.20. The maximum Gasteiger partial charge on any atom is 0.159 e. The summed E-state index contributed by atoms with van der Waals surface area (Å²) in [4.78, 5) is 0. The Bertz CT molecular complexity index is 427. The molecule has 1 aromatic carbocycles. The molecule has 0 amide bonds. The van der Waals surface area contributed by atoms with Crippen molar-refractivity contribution in [2.75, 3.05) is 6.54 Å². The average Bonchev–Trinajstić information content (AvgIpc) is 2.99. The van der Waals surface area contributed by atoms with Crippen molar-refractivity contribution in [2.45, 2.75) is 64.3 Å². The molecule has 0 spiro atoms. The van der Waals surface area contributed by atoms with Crippen molar-refractivity contribution in [3.05, 3.63) is 35.4 Å². The molecule has 0 heterocycles. The zero-order chi connectivity index (χ0) is 15.1. The van der Waals surface area contributed by atoms with Gasteiger partial charge in [0, 0.05) is 6.04 Å². The number of hydrogen-bond donors (Lipinski definition) is 1. The van der Waals surface area contributed by atoms with Gasteiger partial charge in [0.05, 0.1) is 0 Å². The van der Waals surface area contributed by atoms with Crippen LogP contribution in [0.2, 0.25) is 0 Å². The molecule has 1 nitrogen and oxygen atoms in total. The standard InChI is InChI=1S/C18H27F2N/c1-2-11-21-16(9-7-14-5-3-4-6-14)12-15-8-10-17(19)18(20)13-15/h8,10,13-14,16,21H,2-7,9,11-12H2,1H3. The minimum absolute atomic E-state index is 0.371. The third-order valence-electron chi connectivity index (χ3n) is 4.55. The lowest BCUT2D eigenvalue weighted by Crippen LogP contribution is -2.32. The van der Waals surface area contributed by atoms with E-state index in [9.17, 15) is 8.78 Å². The van der Waals surface area contributed by atoms with Gasteiger partial charge in [0.1, 0.15) is 0 Å². The molecule has 0 aliphatic heterocycles. The maximum atomic E-state index is 13.3. The summed E-state index contributed by atoms with van der Waals surface area (Å²) in [5.41, 5.74) is 0.883. The predicted octanol–water partition coefficient (Wildman–Crippen LogP) is 4.85. The zero-order valence-corrected chi connectivity index (χ0v) is 13.0. The van der Waals surface area contributed by atoms with Gasteiger partial charge in [-0.3, -0.25) is 0 Å². The lowest BCUT2D eigenvalue weighted by atomic mass is 9.95. The van der Waals surface area contributed by atoms with Crippen LogP contribution >= 0.6 is 0 Å². The first-order valence-electron chi connectivity index (χ1n) is 8.36. The average molecular weight is 295 g/mol. The highest BCUT2D eigenvalue weighted by molar-refractivity contribution is 5.18. The van der Waals surface area contributed by atoms with Gasteiger partial charge in [-0.1, -0.05) is 38.7 Å². The van der Waals surface area contributed by atoms with Crippen LogP contribution in [0.1, 0.15) is 57.4 Å². The smallest absolute Gasteiger partial charge is 0.159 e. The van der Waals surface area contributed by atoms with E-state index in [0.29, 0.717) is 6.04 Å². The summed E-state index contributed by atoms with van der Waals surface area (Å²) in [6, 6.07) is 4.65. The molecule has 1 aromatic rings. The Morgan fingerprint density at radius 2 is 1.95 bits per heavy atom. The molecule has 1 N–H and O–H groups in total. The number of nitrogens with one attached hydrogen (secondary N) is 1. The zero-order valence-electron chi connectivity index (χ0n) is 13.0.